The molecule has 4 aromatic carbocycles. The van der Waals surface area contributed by atoms with Gasteiger partial charge in [-0.25, -0.2) is 0 Å². The van der Waals surface area contributed by atoms with E-state index in [0.717, 1.165) is 28.0 Å². The quantitative estimate of drug-likeness (QED) is 0.0795. The van der Waals surface area contributed by atoms with Crippen molar-refractivity contribution in [1.82, 2.24) is 0 Å². The fraction of sp³-hybridized carbons (Fsp3) is 0.325. The lowest BCUT2D eigenvalue weighted by atomic mass is 9.98. The Morgan fingerprint density at radius 1 is 0.750 bits per heavy atom. The number of hydrogen-bond donors (Lipinski definition) is 0. The second-order valence-corrected chi connectivity index (χ2v) is 12.7. The standard InChI is InChI=1S/C40H44O7S/c1-3-24-43-34-23-15-14-22-33(34)25-36(41)47-39-38(45-28-32-20-12-7-13-21-32)37(44-27-31-18-10-6-11-19-31)35(46-40(39)48-4-2)29-42-26-30-16-8-5-9-17-30/h3,5-23,35,37-40H,1,4,24-29H2,2H3/t35-,37-,38+,39-,40+/m1/s1. The van der Waals surface area contributed by atoms with E-state index in [0.29, 0.717) is 32.2 Å². The number of para-hydroxylation sites is 1. The molecule has 0 unspecified atom stereocenters. The van der Waals surface area contributed by atoms with E-state index in [1.165, 1.54) is 0 Å². The predicted octanol–water partition coefficient (Wildman–Crippen LogP) is 7.57. The second kappa shape index (κ2) is 19.2. The summed E-state index contributed by atoms with van der Waals surface area (Å²) in [7, 11) is 0. The Labute approximate surface area is 288 Å². The van der Waals surface area contributed by atoms with E-state index in [2.05, 4.69) is 13.5 Å². The van der Waals surface area contributed by atoms with Crippen molar-refractivity contribution in [2.24, 2.45) is 0 Å². The largest absolute Gasteiger partial charge is 0.489 e. The number of ether oxygens (including phenoxy) is 6. The molecule has 0 spiro atoms. The van der Waals surface area contributed by atoms with Crippen LogP contribution < -0.4 is 4.74 Å². The summed E-state index contributed by atoms with van der Waals surface area (Å²) in [5.41, 5.74) is 3.30. The van der Waals surface area contributed by atoms with Crippen LogP contribution in [0.15, 0.2) is 128 Å². The van der Waals surface area contributed by atoms with E-state index in [1.54, 1.807) is 17.8 Å². The number of rotatable bonds is 18. The summed E-state index contributed by atoms with van der Waals surface area (Å²) in [5, 5.41) is 0. The van der Waals surface area contributed by atoms with Crippen molar-refractivity contribution in [3.05, 3.63) is 150 Å². The van der Waals surface area contributed by atoms with Crippen LogP contribution in [0.1, 0.15) is 29.2 Å². The van der Waals surface area contributed by atoms with Crippen LogP contribution in [0.4, 0.5) is 0 Å². The molecule has 4 aromatic rings. The van der Waals surface area contributed by atoms with Crippen LogP contribution in [0.5, 0.6) is 5.75 Å². The number of thioether (sulfide) groups is 1. The molecule has 1 fully saturated rings. The first kappa shape index (κ1) is 35.4. The Hall–Kier alpha value is -3.92. The van der Waals surface area contributed by atoms with Gasteiger partial charge in [0.1, 0.15) is 36.1 Å². The van der Waals surface area contributed by atoms with Crippen LogP contribution in [-0.2, 0) is 54.7 Å². The predicted molar refractivity (Wildman–Crippen MR) is 189 cm³/mol. The molecular formula is C40H44O7S. The van der Waals surface area contributed by atoms with Crippen LogP contribution in [0.25, 0.3) is 0 Å². The highest BCUT2D eigenvalue weighted by molar-refractivity contribution is 7.99. The van der Waals surface area contributed by atoms with Crippen molar-refractivity contribution in [1.29, 1.82) is 0 Å². The lowest BCUT2D eigenvalue weighted by Crippen LogP contribution is -2.60. The lowest BCUT2D eigenvalue weighted by Gasteiger charge is -2.45. The number of carbonyl (C=O) groups is 1. The van der Waals surface area contributed by atoms with E-state index in [1.807, 2.05) is 115 Å². The van der Waals surface area contributed by atoms with Gasteiger partial charge in [-0.1, -0.05) is 129 Å². The third kappa shape index (κ3) is 10.5. The molecule has 0 saturated carbocycles. The molecule has 0 radical (unpaired) electrons. The fourth-order valence-electron chi connectivity index (χ4n) is 5.52. The molecule has 0 aromatic heterocycles. The fourth-order valence-corrected chi connectivity index (χ4v) is 6.47. The van der Waals surface area contributed by atoms with E-state index < -0.39 is 35.8 Å². The molecule has 48 heavy (non-hydrogen) atoms. The average Bonchev–Trinajstić information content (AvgIpc) is 3.12. The molecule has 5 rings (SSSR count). The van der Waals surface area contributed by atoms with E-state index in [4.69, 9.17) is 28.4 Å². The zero-order chi connectivity index (χ0) is 33.4. The average molecular weight is 669 g/mol. The van der Waals surface area contributed by atoms with Crippen molar-refractivity contribution in [2.45, 2.75) is 63.0 Å². The summed E-state index contributed by atoms with van der Waals surface area (Å²) >= 11 is 1.57. The van der Waals surface area contributed by atoms with Crippen molar-refractivity contribution < 1.29 is 33.2 Å². The van der Waals surface area contributed by atoms with Gasteiger partial charge in [-0.05, 0) is 28.5 Å². The van der Waals surface area contributed by atoms with Gasteiger partial charge in [0.2, 0.25) is 0 Å². The second-order valence-electron chi connectivity index (χ2n) is 11.4. The minimum atomic E-state index is -0.751. The topological polar surface area (TPSA) is 72.5 Å². The molecule has 7 nitrogen and oxygen atoms in total. The van der Waals surface area contributed by atoms with Crippen molar-refractivity contribution in [2.75, 3.05) is 19.0 Å². The van der Waals surface area contributed by atoms with Gasteiger partial charge in [0.15, 0.2) is 6.10 Å². The molecule has 0 bridgehead atoms. The first-order valence-electron chi connectivity index (χ1n) is 16.4. The Kier molecular flexibility index (Phi) is 14.1. The maximum absolute atomic E-state index is 13.7. The van der Waals surface area contributed by atoms with Crippen LogP contribution in [0.3, 0.4) is 0 Å². The number of esters is 1. The van der Waals surface area contributed by atoms with Crippen LogP contribution in [0.2, 0.25) is 0 Å². The highest BCUT2D eigenvalue weighted by Crippen LogP contribution is 2.35. The zero-order valence-corrected chi connectivity index (χ0v) is 28.2. The molecule has 0 amide bonds. The SMILES string of the molecule is C=CCOc1ccccc1CC(=O)O[C@@H]1[C@@H](OCc2ccccc2)[C@H](OCc2ccccc2)[C@@H](COCc2ccccc2)O[C@H]1SCC. The Balaban J connectivity index is 1.42. The molecule has 0 aliphatic carbocycles. The van der Waals surface area contributed by atoms with Crippen molar-refractivity contribution in [3.63, 3.8) is 0 Å². The minimum absolute atomic E-state index is 0.0257. The molecule has 1 saturated heterocycles. The maximum atomic E-state index is 13.7. The third-order valence-electron chi connectivity index (χ3n) is 7.82. The smallest absolute Gasteiger partial charge is 0.310 e. The summed E-state index contributed by atoms with van der Waals surface area (Å²) in [6.45, 7) is 7.46. The summed E-state index contributed by atoms with van der Waals surface area (Å²) in [5.74, 6) is 0.953. The van der Waals surface area contributed by atoms with Gasteiger partial charge in [0.25, 0.3) is 0 Å². The van der Waals surface area contributed by atoms with Crippen molar-refractivity contribution in [3.8, 4) is 5.75 Å². The van der Waals surface area contributed by atoms with Gasteiger partial charge < -0.3 is 28.4 Å². The van der Waals surface area contributed by atoms with Crippen LogP contribution in [-0.4, -0.2) is 54.8 Å². The zero-order valence-electron chi connectivity index (χ0n) is 27.4. The molecule has 1 heterocycles. The van der Waals surface area contributed by atoms with Crippen LogP contribution >= 0.6 is 11.8 Å². The Bertz CT molecular complexity index is 1520. The highest BCUT2D eigenvalue weighted by atomic mass is 32.2. The molecule has 1 aliphatic rings. The summed E-state index contributed by atoms with van der Waals surface area (Å²) in [6, 6.07) is 37.4. The number of carbonyl (C=O) groups excluding carboxylic acids is 1. The molecular weight excluding hydrogens is 625 g/mol. The monoisotopic (exact) mass is 668 g/mol. The maximum Gasteiger partial charge on any atom is 0.310 e. The van der Waals surface area contributed by atoms with Gasteiger partial charge >= 0.3 is 5.97 Å². The molecule has 1 aliphatic heterocycles. The van der Waals surface area contributed by atoms with E-state index in [9.17, 15) is 4.79 Å². The van der Waals surface area contributed by atoms with Gasteiger partial charge in [-0.15, -0.1) is 11.8 Å². The van der Waals surface area contributed by atoms with Gasteiger partial charge in [0, 0.05) is 5.56 Å². The molecule has 5 atom stereocenters. The molecule has 8 heteroatoms. The molecule has 252 valence electrons. The summed E-state index contributed by atoms with van der Waals surface area (Å²) < 4.78 is 38.4. The summed E-state index contributed by atoms with van der Waals surface area (Å²) in [4.78, 5) is 13.7. The van der Waals surface area contributed by atoms with Gasteiger partial charge in [-0.3, -0.25) is 4.79 Å². The Morgan fingerprint density at radius 2 is 1.31 bits per heavy atom. The lowest BCUT2D eigenvalue weighted by molar-refractivity contribution is -0.249. The van der Waals surface area contributed by atoms with E-state index >= 15 is 0 Å². The van der Waals surface area contributed by atoms with Gasteiger partial charge in [0.05, 0.1) is 32.8 Å². The Morgan fingerprint density at radius 3 is 1.92 bits per heavy atom. The van der Waals surface area contributed by atoms with Crippen LogP contribution in [0, 0.1) is 0 Å². The van der Waals surface area contributed by atoms with E-state index in [-0.39, 0.29) is 13.0 Å². The summed E-state index contributed by atoms with van der Waals surface area (Å²) in [6.07, 6.45) is -0.778. The number of benzene rings is 4. The first-order chi connectivity index (χ1) is 23.6. The first-order valence-corrected chi connectivity index (χ1v) is 17.4. The third-order valence-corrected chi connectivity index (χ3v) is 8.86. The van der Waals surface area contributed by atoms with Crippen molar-refractivity contribution >= 4 is 17.7 Å². The number of hydrogen-bond acceptors (Lipinski definition) is 8. The minimum Gasteiger partial charge on any atom is -0.489 e. The molecule has 0 N–H and O–H groups in total. The van der Waals surface area contributed by atoms with Gasteiger partial charge in [-0.2, -0.15) is 0 Å². The normalized spacial score (nSPS) is 20.6. The highest BCUT2D eigenvalue weighted by Gasteiger charge is 2.49.